The Morgan fingerprint density at radius 3 is 2.67 bits per heavy atom. The zero-order chi connectivity index (χ0) is 19.4. The molecule has 1 atom stereocenters. The van der Waals surface area contributed by atoms with E-state index in [4.69, 9.17) is 11.6 Å². The lowest BCUT2D eigenvalue weighted by atomic mass is 10.2. The Bertz CT molecular complexity index is 806. The molecule has 1 aromatic heterocycles. The number of nitrogens with one attached hydrogen (secondary N) is 3. The summed E-state index contributed by atoms with van der Waals surface area (Å²) in [6.07, 6.45) is 2.03. The number of halogens is 1. The van der Waals surface area contributed by atoms with Crippen LogP contribution in [0.25, 0.3) is 0 Å². The topological polar surface area (TPSA) is 73.5 Å². The molecule has 1 aliphatic rings. The maximum absolute atomic E-state index is 12.2. The molecule has 0 spiro atoms. The zero-order valence-corrected chi connectivity index (χ0v) is 16.9. The van der Waals surface area contributed by atoms with Gasteiger partial charge in [0.1, 0.15) is 0 Å². The summed E-state index contributed by atoms with van der Waals surface area (Å²) >= 11 is 7.87. The summed E-state index contributed by atoms with van der Waals surface area (Å²) in [6.45, 7) is 0.481. The number of carbonyl (C=O) groups is 2. The highest BCUT2D eigenvalue weighted by Crippen LogP contribution is 2.24. The van der Waals surface area contributed by atoms with Gasteiger partial charge in [-0.15, -0.1) is 11.3 Å². The maximum Gasteiger partial charge on any atom is 0.319 e. The second-order valence-corrected chi connectivity index (χ2v) is 8.16. The molecule has 0 saturated heterocycles. The van der Waals surface area contributed by atoms with E-state index in [1.54, 1.807) is 29.5 Å². The first-order valence-corrected chi connectivity index (χ1v) is 10.0. The van der Waals surface area contributed by atoms with E-state index in [9.17, 15) is 9.59 Å². The largest absolute Gasteiger partial charge is 0.349 e. The van der Waals surface area contributed by atoms with Gasteiger partial charge in [0, 0.05) is 23.2 Å². The van der Waals surface area contributed by atoms with Crippen molar-refractivity contribution < 1.29 is 9.59 Å². The van der Waals surface area contributed by atoms with Gasteiger partial charge < -0.3 is 20.9 Å². The molecule has 0 unspecified atom stereocenters. The Morgan fingerprint density at radius 1 is 1.30 bits per heavy atom. The molecule has 3 N–H and O–H groups in total. The summed E-state index contributed by atoms with van der Waals surface area (Å²) in [7, 11) is 3.96. The molecule has 6 nitrogen and oxygen atoms in total. The fraction of sp³-hybridized carbons (Fsp3) is 0.368. The van der Waals surface area contributed by atoms with Crippen molar-refractivity contribution in [2.24, 2.45) is 0 Å². The van der Waals surface area contributed by atoms with Crippen LogP contribution in [-0.2, 0) is 0 Å². The summed E-state index contributed by atoms with van der Waals surface area (Å²) in [4.78, 5) is 27.6. The molecule has 1 aliphatic carbocycles. The van der Waals surface area contributed by atoms with Gasteiger partial charge in [-0.2, -0.15) is 0 Å². The highest BCUT2D eigenvalue weighted by molar-refractivity contribution is 7.10. The normalized spacial score (nSPS) is 14.7. The highest BCUT2D eigenvalue weighted by atomic mass is 35.5. The monoisotopic (exact) mass is 406 g/mol. The average molecular weight is 407 g/mol. The third-order valence-electron chi connectivity index (χ3n) is 4.34. The van der Waals surface area contributed by atoms with Crippen molar-refractivity contribution in [3.05, 3.63) is 51.2 Å². The molecule has 0 aliphatic heterocycles. The summed E-state index contributed by atoms with van der Waals surface area (Å²) in [5.74, 6) is -0.178. The van der Waals surface area contributed by atoms with Crippen molar-refractivity contribution >= 4 is 40.6 Å². The van der Waals surface area contributed by atoms with Gasteiger partial charge >= 0.3 is 6.03 Å². The molecular weight excluding hydrogens is 384 g/mol. The van der Waals surface area contributed by atoms with Gasteiger partial charge in [-0.3, -0.25) is 4.79 Å². The predicted molar refractivity (Wildman–Crippen MR) is 110 cm³/mol. The van der Waals surface area contributed by atoms with Crippen LogP contribution in [-0.4, -0.2) is 43.5 Å². The number of nitrogens with zero attached hydrogens (tertiary/aromatic N) is 1. The summed E-state index contributed by atoms with van der Waals surface area (Å²) < 4.78 is 0. The van der Waals surface area contributed by atoms with Crippen LogP contribution in [0.4, 0.5) is 10.5 Å². The quantitative estimate of drug-likeness (QED) is 0.656. The van der Waals surface area contributed by atoms with Gasteiger partial charge in [0.25, 0.3) is 5.91 Å². The molecule has 2 aromatic rings. The molecule has 1 saturated carbocycles. The standard InChI is InChI=1S/C19H23ClN4O2S/c1-24(2)16(17-4-3-9-27-17)11-21-19(26)23-13-7-8-14(15(20)10-13)18(25)22-12-5-6-12/h3-4,7-10,12,16H,5-6,11H2,1-2H3,(H,22,25)(H2,21,23,26)/t16-/m1/s1. The van der Waals surface area contributed by atoms with E-state index >= 15 is 0 Å². The Kier molecular flexibility index (Phi) is 6.36. The fourth-order valence-electron chi connectivity index (χ4n) is 2.65. The molecule has 8 heteroatoms. The van der Waals surface area contributed by atoms with Crippen LogP contribution < -0.4 is 16.0 Å². The van der Waals surface area contributed by atoms with E-state index in [1.165, 1.54) is 4.88 Å². The van der Waals surface area contributed by atoms with E-state index in [0.717, 1.165) is 12.8 Å². The minimum Gasteiger partial charge on any atom is -0.349 e. The number of amides is 3. The van der Waals surface area contributed by atoms with Crippen LogP contribution in [0.2, 0.25) is 5.02 Å². The van der Waals surface area contributed by atoms with E-state index in [-0.39, 0.29) is 24.0 Å². The smallest absolute Gasteiger partial charge is 0.319 e. The van der Waals surface area contributed by atoms with Crippen LogP contribution in [0.1, 0.15) is 34.1 Å². The van der Waals surface area contributed by atoms with Gasteiger partial charge in [-0.1, -0.05) is 17.7 Å². The Hall–Kier alpha value is -2.09. The lowest BCUT2D eigenvalue weighted by Crippen LogP contribution is -2.36. The van der Waals surface area contributed by atoms with Crippen LogP contribution in [0.3, 0.4) is 0 Å². The molecule has 0 bridgehead atoms. The third kappa shape index (κ3) is 5.45. The van der Waals surface area contributed by atoms with Crippen molar-refractivity contribution in [1.82, 2.24) is 15.5 Å². The van der Waals surface area contributed by atoms with Gasteiger partial charge in [0.15, 0.2) is 0 Å². The van der Waals surface area contributed by atoms with Crippen LogP contribution in [0.5, 0.6) is 0 Å². The van der Waals surface area contributed by atoms with Crippen molar-refractivity contribution in [3.8, 4) is 0 Å². The zero-order valence-electron chi connectivity index (χ0n) is 15.3. The number of hydrogen-bond acceptors (Lipinski definition) is 4. The third-order valence-corrected chi connectivity index (χ3v) is 5.62. The summed E-state index contributed by atoms with van der Waals surface area (Å²) in [5, 5.41) is 10.9. The number of rotatable bonds is 7. The van der Waals surface area contributed by atoms with Crippen molar-refractivity contribution in [2.75, 3.05) is 26.0 Å². The molecule has 1 aromatic carbocycles. The van der Waals surface area contributed by atoms with E-state index in [2.05, 4.69) is 26.9 Å². The number of anilines is 1. The van der Waals surface area contributed by atoms with Crippen LogP contribution in [0, 0.1) is 0 Å². The number of carbonyl (C=O) groups excluding carboxylic acids is 2. The molecule has 144 valence electrons. The second-order valence-electron chi connectivity index (χ2n) is 6.77. The summed E-state index contributed by atoms with van der Waals surface area (Å²) in [5.41, 5.74) is 0.956. The van der Waals surface area contributed by atoms with Gasteiger partial charge in [0.2, 0.25) is 0 Å². The Balaban J connectivity index is 1.55. The van der Waals surface area contributed by atoms with Crippen molar-refractivity contribution in [3.63, 3.8) is 0 Å². The average Bonchev–Trinajstić information content (AvgIpc) is 3.25. The van der Waals surface area contributed by atoms with Crippen LogP contribution in [0.15, 0.2) is 35.7 Å². The van der Waals surface area contributed by atoms with Crippen molar-refractivity contribution in [1.29, 1.82) is 0 Å². The summed E-state index contributed by atoms with van der Waals surface area (Å²) in [6, 6.07) is 9.01. The Morgan fingerprint density at radius 2 is 2.07 bits per heavy atom. The van der Waals surface area contributed by atoms with Gasteiger partial charge in [-0.05, 0) is 56.6 Å². The van der Waals surface area contributed by atoms with Crippen LogP contribution >= 0.6 is 22.9 Å². The van der Waals surface area contributed by atoms with Gasteiger partial charge in [0.05, 0.1) is 16.6 Å². The first-order chi connectivity index (χ1) is 12.9. The van der Waals surface area contributed by atoms with E-state index in [0.29, 0.717) is 22.8 Å². The minimum atomic E-state index is -0.315. The molecule has 3 amide bonds. The van der Waals surface area contributed by atoms with E-state index in [1.807, 2.05) is 25.5 Å². The first-order valence-electron chi connectivity index (χ1n) is 8.79. The van der Waals surface area contributed by atoms with Crippen molar-refractivity contribution in [2.45, 2.75) is 24.9 Å². The highest BCUT2D eigenvalue weighted by Gasteiger charge is 2.24. The molecular formula is C19H23ClN4O2S. The minimum absolute atomic E-state index is 0.104. The van der Waals surface area contributed by atoms with Gasteiger partial charge in [-0.25, -0.2) is 4.79 Å². The molecule has 27 heavy (non-hydrogen) atoms. The SMILES string of the molecule is CN(C)[C@H](CNC(=O)Nc1ccc(C(=O)NC2CC2)c(Cl)c1)c1cccs1. The Labute approximate surface area is 167 Å². The number of urea groups is 1. The molecule has 0 radical (unpaired) electrons. The molecule has 3 rings (SSSR count). The van der Waals surface area contributed by atoms with E-state index < -0.39 is 0 Å². The second kappa shape index (κ2) is 8.73. The first kappa shape index (κ1) is 19.7. The molecule has 1 fully saturated rings. The maximum atomic E-state index is 12.2. The molecule has 1 heterocycles. The lowest BCUT2D eigenvalue weighted by molar-refractivity contribution is 0.0951. The number of thiophene rings is 1. The fourth-order valence-corrected chi connectivity index (χ4v) is 3.84. The number of likely N-dealkylation sites (N-methyl/N-ethyl adjacent to an activating group) is 1. The number of benzene rings is 1. The number of hydrogen-bond donors (Lipinski definition) is 3. The lowest BCUT2D eigenvalue weighted by Gasteiger charge is -2.23. The predicted octanol–water partition coefficient (Wildman–Crippen LogP) is 3.72.